The van der Waals surface area contributed by atoms with E-state index in [9.17, 15) is 4.79 Å². The van der Waals surface area contributed by atoms with Gasteiger partial charge in [0.15, 0.2) is 0 Å². The molecular formula is C22H26N4O. The lowest BCUT2D eigenvalue weighted by Crippen LogP contribution is -2.38. The van der Waals surface area contributed by atoms with E-state index < -0.39 is 0 Å². The minimum atomic E-state index is 0.142. The maximum Gasteiger partial charge on any atom is 0.256 e. The average molecular weight is 362 g/mol. The molecule has 1 saturated carbocycles. The summed E-state index contributed by atoms with van der Waals surface area (Å²) in [5, 5.41) is 4.78. The van der Waals surface area contributed by atoms with Gasteiger partial charge in [0, 0.05) is 36.7 Å². The van der Waals surface area contributed by atoms with E-state index >= 15 is 0 Å². The molecule has 0 unspecified atom stereocenters. The van der Waals surface area contributed by atoms with Crippen molar-refractivity contribution in [2.24, 2.45) is 7.05 Å². The van der Waals surface area contributed by atoms with Gasteiger partial charge >= 0.3 is 0 Å². The number of carbonyl (C=O) groups excluding carboxylic acids is 1. The first-order valence-electron chi connectivity index (χ1n) is 10.1. The summed E-state index contributed by atoms with van der Waals surface area (Å²) < 4.78 is 4.06. The van der Waals surface area contributed by atoms with E-state index in [0.29, 0.717) is 12.6 Å². The third-order valence-corrected chi connectivity index (χ3v) is 6.30. The van der Waals surface area contributed by atoms with Gasteiger partial charge in [0.1, 0.15) is 0 Å². The van der Waals surface area contributed by atoms with Gasteiger partial charge in [-0.15, -0.1) is 0 Å². The van der Waals surface area contributed by atoms with Crippen LogP contribution in [0.4, 0.5) is 0 Å². The molecule has 0 N–H and O–H groups in total. The second kappa shape index (κ2) is 6.55. The van der Waals surface area contributed by atoms with E-state index in [1.165, 1.54) is 30.5 Å². The number of hydrogen-bond donors (Lipinski definition) is 0. The standard InChI is InChI=1S/C22H26N4O/c1-24-21-11-6-10-19(21)20(23-24)15-26(17-7-2-3-8-17)22(27)16-13-18-9-4-5-12-25(18)14-16/h4-5,9,12-14,17H,2-3,6-8,10-11,15H2,1H3. The Morgan fingerprint density at radius 1 is 1.22 bits per heavy atom. The molecule has 0 aromatic carbocycles. The number of aryl methyl sites for hydroxylation is 1. The topological polar surface area (TPSA) is 42.5 Å². The van der Waals surface area contributed by atoms with Crippen molar-refractivity contribution in [1.29, 1.82) is 0 Å². The monoisotopic (exact) mass is 362 g/mol. The van der Waals surface area contributed by atoms with Gasteiger partial charge in [0.25, 0.3) is 5.91 Å². The van der Waals surface area contributed by atoms with Crippen LogP contribution < -0.4 is 0 Å². The highest BCUT2D eigenvalue weighted by atomic mass is 16.2. The quantitative estimate of drug-likeness (QED) is 0.709. The van der Waals surface area contributed by atoms with E-state index in [1.807, 2.05) is 52.8 Å². The molecule has 0 saturated heterocycles. The molecule has 2 aliphatic rings. The molecule has 3 heterocycles. The Morgan fingerprint density at radius 2 is 2.07 bits per heavy atom. The number of aromatic nitrogens is 3. The van der Waals surface area contributed by atoms with Crippen LogP contribution in [0.1, 0.15) is 59.4 Å². The molecule has 3 aromatic heterocycles. The highest BCUT2D eigenvalue weighted by Crippen LogP contribution is 2.30. The molecule has 27 heavy (non-hydrogen) atoms. The zero-order valence-corrected chi connectivity index (χ0v) is 15.9. The molecule has 0 atom stereocenters. The maximum absolute atomic E-state index is 13.5. The Kier molecular flexibility index (Phi) is 4.03. The first-order chi connectivity index (χ1) is 13.2. The van der Waals surface area contributed by atoms with E-state index in [1.54, 1.807) is 0 Å². The zero-order chi connectivity index (χ0) is 18.4. The third kappa shape index (κ3) is 2.85. The number of amides is 1. The number of hydrogen-bond acceptors (Lipinski definition) is 2. The van der Waals surface area contributed by atoms with E-state index in [4.69, 9.17) is 5.10 Å². The van der Waals surface area contributed by atoms with Gasteiger partial charge in [-0.3, -0.25) is 9.48 Å². The summed E-state index contributed by atoms with van der Waals surface area (Å²) in [6.07, 6.45) is 12.0. The highest BCUT2D eigenvalue weighted by molar-refractivity contribution is 5.95. The Morgan fingerprint density at radius 3 is 2.89 bits per heavy atom. The van der Waals surface area contributed by atoms with Gasteiger partial charge in [-0.25, -0.2) is 0 Å². The summed E-state index contributed by atoms with van der Waals surface area (Å²) in [5.74, 6) is 0.142. The van der Waals surface area contributed by atoms with Crippen molar-refractivity contribution in [3.05, 3.63) is 59.2 Å². The van der Waals surface area contributed by atoms with Crippen molar-refractivity contribution < 1.29 is 4.79 Å². The smallest absolute Gasteiger partial charge is 0.256 e. The van der Waals surface area contributed by atoms with Crippen molar-refractivity contribution in [3.63, 3.8) is 0 Å². The third-order valence-electron chi connectivity index (χ3n) is 6.30. The molecule has 140 valence electrons. The largest absolute Gasteiger partial charge is 0.330 e. The van der Waals surface area contributed by atoms with Crippen molar-refractivity contribution in [3.8, 4) is 0 Å². The summed E-state index contributed by atoms with van der Waals surface area (Å²) >= 11 is 0. The van der Waals surface area contributed by atoms with Gasteiger partial charge in [-0.05, 0) is 55.9 Å². The summed E-state index contributed by atoms with van der Waals surface area (Å²) in [4.78, 5) is 15.6. The zero-order valence-electron chi connectivity index (χ0n) is 15.9. The molecule has 1 amide bonds. The molecule has 3 aromatic rings. The number of pyridine rings is 1. The molecule has 2 aliphatic carbocycles. The van der Waals surface area contributed by atoms with Gasteiger partial charge < -0.3 is 9.30 Å². The van der Waals surface area contributed by atoms with Crippen LogP contribution in [0.5, 0.6) is 0 Å². The first-order valence-corrected chi connectivity index (χ1v) is 10.1. The van der Waals surface area contributed by atoms with Crippen LogP contribution >= 0.6 is 0 Å². The second-order valence-corrected chi connectivity index (χ2v) is 7.98. The van der Waals surface area contributed by atoms with Crippen molar-refractivity contribution in [2.45, 2.75) is 57.5 Å². The summed E-state index contributed by atoms with van der Waals surface area (Å²) in [5.41, 5.74) is 5.69. The molecule has 5 heteroatoms. The average Bonchev–Trinajstić information content (AvgIpc) is 3.45. The van der Waals surface area contributed by atoms with Crippen LogP contribution in [0.2, 0.25) is 0 Å². The number of fused-ring (bicyclic) bond motifs is 2. The van der Waals surface area contributed by atoms with Crippen LogP contribution in [0.25, 0.3) is 5.52 Å². The second-order valence-electron chi connectivity index (χ2n) is 7.98. The predicted octanol–water partition coefficient (Wildman–Crippen LogP) is 3.75. The minimum absolute atomic E-state index is 0.142. The van der Waals surface area contributed by atoms with Crippen LogP contribution in [-0.2, 0) is 26.4 Å². The highest BCUT2D eigenvalue weighted by Gasteiger charge is 2.31. The van der Waals surface area contributed by atoms with Crippen LogP contribution in [0, 0.1) is 0 Å². The first kappa shape index (κ1) is 16.6. The molecule has 0 aliphatic heterocycles. The normalized spacial score (nSPS) is 16.9. The molecule has 5 nitrogen and oxygen atoms in total. The summed E-state index contributed by atoms with van der Waals surface area (Å²) in [6.45, 7) is 0.638. The van der Waals surface area contributed by atoms with Crippen molar-refractivity contribution >= 4 is 11.4 Å². The summed E-state index contributed by atoms with van der Waals surface area (Å²) in [7, 11) is 2.04. The summed E-state index contributed by atoms with van der Waals surface area (Å²) in [6, 6.07) is 8.39. The van der Waals surface area contributed by atoms with E-state index in [2.05, 4.69) is 4.90 Å². The minimum Gasteiger partial charge on any atom is -0.330 e. The molecule has 5 rings (SSSR count). The van der Waals surface area contributed by atoms with Crippen LogP contribution in [0.3, 0.4) is 0 Å². The fraction of sp³-hybridized carbons (Fsp3) is 0.455. The Bertz CT molecular complexity index is 960. The molecular weight excluding hydrogens is 336 g/mol. The lowest BCUT2D eigenvalue weighted by Gasteiger charge is -2.28. The molecule has 0 spiro atoms. The van der Waals surface area contributed by atoms with Crippen molar-refractivity contribution in [1.82, 2.24) is 19.1 Å². The number of carbonyl (C=O) groups is 1. The number of rotatable bonds is 4. The molecule has 0 bridgehead atoms. The number of nitrogens with zero attached hydrogens (tertiary/aromatic N) is 4. The predicted molar refractivity (Wildman–Crippen MR) is 105 cm³/mol. The van der Waals surface area contributed by atoms with Gasteiger partial charge in [0.05, 0.1) is 17.8 Å². The van der Waals surface area contributed by atoms with Crippen LogP contribution in [-0.4, -0.2) is 31.0 Å². The van der Waals surface area contributed by atoms with E-state index in [-0.39, 0.29) is 5.91 Å². The Hall–Kier alpha value is -2.56. The van der Waals surface area contributed by atoms with Crippen LogP contribution in [0.15, 0.2) is 36.7 Å². The van der Waals surface area contributed by atoms with Crippen molar-refractivity contribution in [2.75, 3.05) is 0 Å². The lowest BCUT2D eigenvalue weighted by atomic mass is 10.1. The maximum atomic E-state index is 13.5. The fourth-order valence-corrected chi connectivity index (χ4v) is 4.91. The fourth-order valence-electron chi connectivity index (χ4n) is 4.91. The van der Waals surface area contributed by atoms with Gasteiger partial charge in [-0.1, -0.05) is 18.9 Å². The van der Waals surface area contributed by atoms with Gasteiger partial charge in [0.2, 0.25) is 0 Å². The molecule has 0 radical (unpaired) electrons. The molecule has 1 fully saturated rings. The SMILES string of the molecule is Cn1nc(CN(C(=O)c2cc3ccccn3c2)C2CCCC2)c2c1CCC2. The van der Waals surface area contributed by atoms with E-state index in [0.717, 1.165) is 42.5 Å². The Balaban J connectivity index is 1.49. The lowest BCUT2D eigenvalue weighted by molar-refractivity contribution is 0.0661. The Labute approximate surface area is 159 Å². The van der Waals surface area contributed by atoms with Gasteiger partial charge in [-0.2, -0.15) is 5.10 Å².